The number of aryl methyl sites for hydroxylation is 1. The van der Waals surface area contributed by atoms with Gasteiger partial charge in [0.1, 0.15) is 5.75 Å². The first-order chi connectivity index (χ1) is 13.6. The average Bonchev–Trinajstić information content (AvgIpc) is 2.85. The van der Waals surface area contributed by atoms with Gasteiger partial charge in [-0.2, -0.15) is 0 Å². The van der Waals surface area contributed by atoms with Crippen LogP contribution < -0.4 is 10.2 Å². The number of nitrogens with zero attached hydrogens (tertiary/aromatic N) is 1. The summed E-state index contributed by atoms with van der Waals surface area (Å²) < 4.78 is 5.86. The van der Waals surface area contributed by atoms with E-state index in [4.69, 9.17) is 4.74 Å². The number of hydrogen-bond donors (Lipinski definition) is 1. The number of ether oxygens (including phenoxy) is 1. The molecule has 0 radical (unpaired) electrons. The molecule has 4 nitrogen and oxygen atoms in total. The maximum atomic E-state index is 13.4. The first kappa shape index (κ1) is 20.5. The number of likely N-dealkylation sites (tertiary alicyclic amines) is 1. The lowest BCUT2D eigenvalue weighted by Gasteiger charge is -2.40. The highest BCUT2D eigenvalue weighted by atomic mass is 16.5. The van der Waals surface area contributed by atoms with Crippen LogP contribution in [0.3, 0.4) is 0 Å². The first-order valence-corrected chi connectivity index (χ1v) is 11.1. The largest absolute Gasteiger partial charge is 0.493 e. The molecule has 4 heteroatoms. The van der Waals surface area contributed by atoms with Crippen molar-refractivity contribution in [1.29, 1.82) is 0 Å². The number of H-pyrrole nitrogens is 1. The molecule has 2 aliphatic rings. The third-order valence-electron chi connectivity index (χ3n) is 6.75. The quantitative estimate of drug-likeness (QED) is 0.749. The van der Waals surface area contributed by atoms with Crippen LogP contribution in [0.5, 0.6) is 5.75 Å². The van der Waals surface area contributed by atoms with Crippen molar-refractivity contribution in [2.24, 2.45) is 16.7 Å². The fraction of sp³-hybridized carbons (Fsp3) is 0.640. The van der Waals surface area contributed by atoms with Crippen LogP contribution in [0.25, 0.3) is 10.9 Å². The molecule has 29 heavy (non-hydrogen) atoms. The van der Waals surface area contributed by atoms with E-state index in [1.165, 1.54) is 19.3 Å². The summed E-state index contributed by atoms with van der Waals surface area (Å²) in [5, 5.41) is 0.737. The lowest BCUT2D eigenvalue weighted by atomic mass is 9.65. The molecule has 1 aromatic heterocycles. The molecule has 2 heterocycles. The minimum Gasteiger partial charge on any atom is -0.493 e. The molecule has 0 amide bonds. The number of benzene rings is 1. The van der Waals surface area contributed by atoms with E-state index in [2.05, 4.69) is 44.5 Å². The van der Waals surface area contributed by atoms with Gasteiger partial charge in [0, 0.05) is 41.3 Å². The highest BCUT2D eigenvalue weighted by molar-refractivity contribution is 5.81. The Labute approximate surface area is 174 Å². The fourth-order valence-corrected chi connectivity index (χ4v) is 5.94. The van der Waals surface area contributed by atoms with E-state index in [-0.39, 0.29) is 5.43 Å². The van der Waals surface area contributed by atoms with Crippen LogP contribution in [0.1, 0.15) is 65.1 Å². The Morgan fingerprint density at radius 1 is 1.24 bits per heavy atom. The number of nitrogens with one attached hydrogen (secondary N) is 1. The van der Waals surface area contributed by atoms with Crippen LogP contribution in [-0.2, 0) is 6.54 Å². The maximum absolute atomic E-state index is 13.4. The summed E-state index contributed by atoms with van der Waals surface area (Å²) in [6.07, 6.45) is 3.76. The summed E-state index contributed by atoms with van der Waals surface area (Å²) >= 11 is 0. The zero-order chi connectivity index (χ0) is 21.0. The van der Waals surface area contributed by atoms with Gasteiger partial charge in [-0.1, -0.05) is 34.6 Å². The summed E-state index contributed by atoms with van der Waals surface area (Å²) in [4.78, 5) is 19.5. The summed E-state index contributed by atoms with van der Waals surface area (Å²) in [7, 11) is 0. The summed E-state index contributed by atoms with van der Waals surface area (Å²) in [6.45, 7) is 16.0. The van der Waals surface area contributed by atoms with Crippen LogP contribution in [0.2, 0.25) is 0 Å². The summed E-state index contributed by atoms with van der Waals surface area (Å²) in [6, 6.07) is 6.41. The van der Waals surface area contributed by atoms with Crippen molar-refractivity contribution >= 4 is 10.9 Å². The van der Waals surface area contributed by atoms with E-state index in [0.717, 1.165) is 41.0 Å². The van der Waals surface area contributed by atoms with Crippen LogP contribution in [0.15, 0.2) is 23.0 Å². The fourth-order valence-electron chi connectivity index (χ4n) is 5.94. The molecule has 1 saturated carbocycles. The Balaban J connectivity index is 1.64. The number of hydrogen-bond acceptors (Lipinski definition) is 3. The predicted molar refractivity (Wildman–Crippen MR) is 120 cm³/mol. The molecule has 4 rings (SSSR count). The van der Waals surface area contributed by atoms with Gasteiger partial charge in [-0.15, -0.1) is 0 Å². The number of aromatic nitrogens is 1. The third kappa shape index (κ3) is 4.09. The Bertz CT molecular complexity index is 975. The summed E-state index contributed by atoms with van der Waals surface area (Å²) in [5.41, 5.74) is 3.71. The number of rotatable bonds is 5. The Hall–Kier alpha value is -1.81. The standard InChI is InChI=1S/C25H36N2O2/c1-16(2)13-29-19-7-8-22-20(9-19)23(28)21(17(3)26-22)12-27-15-25(6)11-18(27)10-24(4,5)14-25/h7-9,16,18H,10-15H2,1-6H3,(H,26,28)/t18-,25-/m0/s1. The molecule has 1 N–H and O–H groups in total. The minimum absolute atomic E-state index is 0.150. The molecule has 1 saturated heterocycles. The van der Waals surface area contributed by atoms with Crippen molar-refractivity contribution in [1.82, 2.24) is 9.88 Å². The van der Waals surface area contributed by atoms with Crippen LogP contribution in [0.4, 0.5) is 0 Å². The van der Waals surface area contributed by atoms with E-state index >= 15 is 0 Å². The van der Waals surface area contributed by atoms with Crippen molar-refractivity contribution in [3.8, 4) is 5.75 Å². The molecular formula is C25H36N2O2. The van der Waals surface area contributed by atoms with E-state index in [9.17, 15) is 4.79 Å². The van der Waals surface area contributed by atoms with Gasteiger partial charge in [-0.3, -0.25) is 9.69 Å². The molecule has 1 aliphatic heterocycles. The molecule has 1 aliphatic carbocycles. The zero-order valence-corrected chi connectivity index (χ0v) is 18.9. The van der Waals surface area contributed by atoms with Gasteiger partial charge in [-0.05, 0) is 61.1 Å². The van der Waals surface area contributed by atoms with Crippen LogP contribution in [-0.4, -0.2) is 29.1 Å². The first-order valence-electron chi connectivity index (χ1n) is 11.1. The van der Waals surface area contributed by atoms with Crippen molar-refractivity contribution < 1.29 is 4.74 Å². The summed E-state index contributed by atoms with van der Waals surface area (Å²) in [5.74, 6) is 1.23. The molecule has 0 unspecified atom stereocenters. The van der Waals surface area contributed by atoms with Gasteiger partial charge < -0.3 is 9.72 Å². The number of fused-ring (bicyclic) bond motifs is 3. The number of pyridine rings is 1. The monoisotopic (exact) mass is 396 g/mol. The highest BCUT2D eigenvalue weighted by Gasteiger charge is 2.49. The smallest absolute Gasteiger partial charge is 0.194 e. The molecular weight excluding hydrogens is 360 g/mol. The lowest BCUT2D eigenvalue weighted by molar-refractivity contribution is 0.126. The molecule has 0 spiro atoms. The second-order valence-corrected chi connectivity index (χ2v) is 11.1. The topological polar surface area (TPSA) is 45.3 Å². The number of aromatic amines is 1. The second kappa shape index (κ2) is 7.16. The van der Waals surface area contributed by atoms with Crippen molar-refractivity contribution in [3.05, 3.63) is 39.7 Å². The minimum atomic E-state index is 0.150. The van der Waals surface area contributed by atoms with Gasteiger partial charge in [-0.25, -0.2) is 0 Å². The average molecular weight is 397 g/mol. The molecule has 2 bridgehead atoms. The van der Waals surface area contributed by atoms with Crippen molar-refractivity contribution in [3.63, 3.8) is 0 Å². The normalized spacial score (nSPS) is 26.4. The second-order valence-electron chi connectivity index (χ2n) is 11.1. The van der Waals surface area contributed by atoms with E-state index in [0.29, 0.717) is 29.4 Å². The van der Waals surface area contributed by atoms with E-state index < -0.39 is 0 Å². The highest BCUT2D eigenvalue weighted by Crippen LogP contribution is 2.52. The zero-order valence-electron chi connectivity index (χ0n) is 18.9. The molecule has 2 fully saturated rings. The van der Waals surface area contributed by atoms with Gasteiger partial charge in [0.25, 0.3) is 0 Å². The van der Waals surface area contributed by atoms with Gasteiger partial charge >= 0.3 is 0 Å². The van der Waals surface area contributed by atoms with Crippen molar-refractivity contribution in [2.75, 3.05) is 13.2 Å². The van der Waals surface area contributed by atoms with E-state index in [1.807, 2.05) is 25.1 Å². The Morgan fingerprint density at radius 3 is 2.72 bits per heavy atom. The Morgan fingerprint density at radius 2 is 2.00 bits per heavy atom. The predicted octanol–water partition coefficient (Wildman–Crippen LogP) is 5.27. The van der Waals surface area contributed by atoms with E-state index in [1.54, 1.807) is 0 Å². The molecule has 1 aromatic carbocycles. The van der Waals surface area contributed by atoms with Gasteiger partial charge in [0.15, 0.2) is 5.43 Å². The third-order valence-corrected chi connectivity index (χ3v) is 6.75. The maximum Gasteiger partial charge on any atom is 0.194 e. The lowest BCUT2D eigenvalue weighted by Crippen LogP contribution is -2.35. The van der Waals surface area contributed by atoms with Gasteiger partial charge in [0.2, 0.25) is 0 Å². The molecule has 2 aromatic rings. The molecule has 158 valence electrons. The van der Waals surface area contributed by atoms with Crippen LogP contribution in [0, 0.1) is 23.7 Å². The van der Waals surface area contributed by atoms with Crippen LogP contribution >= 0.6 is 0 Å². The SMILES string of the molecule is Cc1[nH]c2ccc(OCC(C)C)cc2c(=O)c1CN1C[C@@]2(C)C[C@@H]1CC(C)(C)C2. The molecule has 2 atom stereocenters. The van der Waals surface area contributed by atoms with Gasteiger partial charge in [0.05, 0.1) is 6.61 Å². The Kier molecular flexibility index (Phi) is 5.05. The van der Waals surface area contributed by atoms with Crippen molar-refractivity contribution in [2.45, 2.75) is 73.4 Å².